The Bertz CT molecular complexity index is 906. The molecule has 3 aromatic heterocycles. The molecule has 4 heterocycles. The number of H-pyrrole nitrogens is 1. The third-order valence-electron chi connectivity index (χ3n) is 4.59. The number of pyridine rings is 1. The van der Waals surface area contributed by atoms with Crippen molar-refractivity contribution in [3.05, 3.63) is 35.7 Å². The monoisotopic (exact) mass is 350 g/mol. The minimum Gasteiger partial charge on any atom is -0.381 e. The maximum absolute atomic E-state index is 12.8. The number of aromatic amines is 1. The molecule has 0 saturated carbocycles. The van der Waals surface area contributed by atoms with Crippen molar-refractivity contribution in [3.8, 4) is 11.4 Å². The van der Waals surface area contributed by atoms with Gasteiger partial charge in [-0.1, -0.05) is 0 Å². The van der Waals surface area contributed by atoms with E-state index in [1.807, 2.05) is 12.1 Å². The minimum absolute atomic E-state index is 0.336. The first-order valence-electron chi connectivity index (χ1n) is 8.11. The molecule has 0 aromatic carbocycles. The Morgan fingerprint density at radius 2 is 1.96 bits per heavy atom. The first-order chi connectivity index (χ1) is 11.9. The van der Waals surface area contributed by atoms with Crippen LogP contribution in [0.4, 0.5) is 13.2 Å². The molecule has 4 rings (SSSR count). The van der Waals surface area contributed by atoms with E-state index in [0.717, 1.165) is 48.8 Å². The Hall–Kier alpha value is -2.35. The first-order valence-corrected chi connectivity index (χ1v) is 8.11. The number of ether oxygens (including phenoxy) is 1. The van der Waals surface area contributed by atoms with Crippen LogP contribution in [-0.4, -0.2) is 33.0 Å². The Balaban J connectivity index is 1.70. The van der Waals surface area contributed by atoms with Gasteiger partial charge < -0.3 is 9.72 Å². The predicted molar refractivity (Wildman–Crippen MR) is 86.1 cm³/mol. The summed E-state index contributed by atoms with van der Waals surface area (Å²) in [4.78, 5) is 7.89. The van der Waals surface area contributed by atoms with Crippen molar-refractivity contribution in [2.75, 3.05) is 13.2 Å². The first kappa shape index (κ1) is 16.1. The molecule has 0 bridgehead atoms. The molecule has 1 aliphatic rings. The van der Waals surface area contributed by atoms with E-state index < -0.39 is 11.9 Å². The van der Waals surface area contributed by atoms with Crippen molar-refractivity contribution >= 4 is 11.0 Å². The Morgan fingerprint density at radius 3 is 2.64 bits per heavy atom. The average molecular weight is 350 g/mol. The highest BCUT2D eigenvalue weighted by Gasteiger charge is 2.34. The number of nitrogens with zero attached hydrogens (tertiary/aromatic N) is 3. The average Bonchev–Trinajstić information content (AvgIpc) is 3.18. The fourth-order valence-corrected chi connectivity index (χ4v) is 3.25. The molecule has 0 spiro atoms. The van der Waals surface area contributed by atoms with Gasteiger partial charge in [0.1, 0.15) is 0 Å². The zero-order valence-electron chi connectivity index (χ0n) is 13.6. The number of hydrogen-bond acceptors (Lipinski definition) is 3. The number of hydrogen-bond donors (Lipinski definition) is 1. The lowest BCUT2D eigenvalue weighted by molar-refractivity contribution is -0.141. The molecular formula is C17H17F3N4O. The van der Waals surface area contributed by atoms with E-state index >= 15 is 0 Å². The number of nitrogens with one attached hydrogen (secondary N) is 1. The van der Waals surface area contributed by atoms with Crippen LogP contribution in [0.5, 0.6) is 0 Å². The van der Waals surface area contributed by atoms with Crippen molar-refractivity contribution in [2.24, 2.45) is 7.05 Å². The number of alkyl halides is 3. The van der Waals surface area contributed by atoms with Gasteiger partial charge in [0, 0.05) is 31.9 Å². The van der Waals surface area contributed by atoms with Crippen molar-refractivity contribution in [2.45, 2.75) is 24.9 Å². The smallest absolute Gasteiger partial charge is 0.381 e. The van der Waals surface area contributed by atoms with Crippen LogP contribution >= 0.6 is 0 Å². The predicted octanol–water partition coefficient (Wildman–Crippen LogP) is 3.88. The molecule has 1 saturated heterocycles. The van der Waals surface area contributed by atoms with Crippen molar-refractivity contribution in [3.63, 3.8) is 0 Å². The Labute approximate surface area is 141 Å². The van der Waals surface area contributed by atoms with Gasteiger partial charge in [-0.2, -0.15) is 18.3 Å². The molecule has 132 valence electrons. The zero-order chi connectivity index (χ0) is 17.6. The quantitative estimate of drug-likeness (QED) is 0.763. The summed E-state index contributed by atoms with van der Waals surface area (Å²) in [5.74, 6) is 0.403. The normalized spacial score (nSPS) is 16.6. The number of halogens is 3. The maximum atomic E-state index is 12.8. The van der Waals surface area contributed by atoms with E-state index in [4.69, 9.17) is 4.74 Å². The molecule has 1 aliphatic heterocycles. The van der Waals surface area contributed by atoms with Crippen LogP contribution in [0.3, 0.4) is 0 Å². The molecule has 0 unspecified atom stereocenters. The van der Waals surface area contributed by atoms with Gasteiger partial charge in [0.2, 0.25) is 0 Å². The van der Waals surface area contributed by atoms with Gasteiger partial charge in [0.15, 0.2) is 5.69 Å². The lowest BCUT2D eigenvalue weighted by atomic mass is 9.97. The van der Waals surface area contributed by atoms with Crippen molar-refractivity contribution < 1.29 is 17.9 Å². The van der Waals surface area contributed by atoms with Crippen LogP contribution in [0.2, 0.25) is 0 Å². The topological polar surface area (TPSA) is 55.7 Å². The Morgan fingerprint density at radius 1 is 1.20 bits per heavy atom. The van der Waals surface area contributed by atoms with Crippen LogP contribution in [-0.2, 0) is 18.0 Å². The fourth-order valence-electron chi connectivity index (χ4n) is 3.25. The summed E-state index contributed by atoms with van der Waals surface area (Å²) in [5.41, 5.74) is 2.61. The van der Waals surface area contributed by atoms with Crippen molar-refractivity contribution in [1.82, 2.24) is 19.7 Å². The van der Waals surface area contributed by atoms with Crippen LogP contribution in [0.25, 0.3) is 22.4 Å². The van der Waals surface area contributed by atoms with E-state index in [9.17, 15) is 13.2 Å². The molecule has 0 amide bonds. The summed E-state index contributed by atoms with van der Waals surface area (Å²) < 4.78 is 45.1. The van der Waals surface area contributed by atoms with Gasteiger partial charge in [0.25, 0.3) is 0 Å². The molecular weight excluding hydrogens is 333 g/mol. The van der Waals surface area contributed by atoms with Gasteiger partial charge in [-0.15, -0.1) is 0 Å². The highest BCUT2D eigenvalue weighted by molar-refractivity contribution is 5.79. The fraction of sp³-hybridized carbons (Fsp3) is 0.412. The van der Waals surface area contributed by atoms with Crippen molar-refractivity contribution in [1.29, 1.82) is 0 Å². The number of aryl methyl sites for hydroxylation is 1. The molecule has 0 radical (unpaired) electrons. The van der Waals surface area contributed by atoms with Crippen LogP contribution in [0.15, 0.2) is 24.3 Å². The second-order valence-corrected chi connectivity index (χ2v) is 6.28. The maximum Gasteiger partial charge on any atom is 0.435 e. The molecule has 5 nitrogen and oxygen atoms in total. The van der Waals surface area contributed by atoms with Gasteiger partial charge in [-0.25, -0.2) is 4.98 Å². The van der Waals surface area contributed by atoms with Crippen LogP contribution < -0.4 is 0 Å². The zero-order valence-corrected chi connectivity index (χ0v) is 13.6. The summed E-state index contributed by atoms with van der Waals surface area (Å²) in [5, 5.41) is 3.55. The summed E-state index contributed by atoms with van der Waals surface area (Å²) in [6.07, 6.45) is -2.56. The number of fused-ring (bicyclic) bond motifs is 1. The summed E-state index contributed by atoms with van der Waals surface area (Å²) in [7, 11) is 1.49. The molecule has 0 atom stereocenters. The molecule has 0 aliphatic carbocycles. The van der Waals surface area contributed by atoms with E-state index in [1.54, 1.807) is 6.07 Å². The highest BCUT2D eigenvalue weighted by atomic mass is 19.4. The van der Waals surface area contributed by atoms with Gasteiger partial charge in [-0.05, 0) is 37.1 Å². The minimum atomic E-state index is -4.47. The number of rotatable bonds is 2. The summed E-state index contributed by atoms with van der Waals surface area (Å²) in [6.45, 7) is 1.49. The lowest BCUT2D eigenvalue weighted by Gasteiger charge is -2.20. The van der Waals surface area contributed by atoms with E-state index in [2.05, 4.69) is 15.1 Å². The van der Waals surface area contributed by atoms with E-state index in [-0.39, 0.29) is 0 Å². The molecule has 25 heavy (non-hydrogen) atoms. The second kappa shape index (κ2) is 5.87. The lowest BCUT2D eigenvalue weighted by Crippen LogP contribution is -2.14. The van der Waals surface area contributed by atoms with Crippen LogP contribution in [0, 0.1) is 0 Å². The van der Waals surface area contributed by atoms with E-state index in [0.29, 0.717) is 17.3 Å². The molecule has 1 fully saturated rings. The highest BCUT2D eigenvalue weighted by Crippen LogP contribution is 2.32. The van der Waals surface area contributed by atoms with Gasteiger partial charge >= 0.3 is 6.18 Å². The van der Waals surface area contributed by atoms with Crippen LogP contribution in [0.1, 0.15) is 30.1 Å². The Kier molecular flexibility index (Phi) is 3.79. The third kappa shape index (κ3) is 3.02. The largest absolute Gasteiger partial charge is 0.435 e. The molecule has 3 aromatic rings. The molecule has 1 N–H and O–H groups in total. The second-order valence-electron chi connectivity index (χ2n) is 6.28. The molecule has 8 heteroatoms. The number of aromatic nitrogens is 4. The van der Waals surface area contributed by atoms with E-state index in [1.165, 1.54) is 11.7 Å². The summed E-state index contributed by atoms with van der Waals surface area (Å²) in [6, 6.07) is 6.57. The third-order valence-corrected chi connectivity index (χ3v) is 4.59. The van der Waals surface area contributed by atoms with Gasteiger partial charge in [-0.3, -0.25) is 4.68 Å². The SMILES string of the molecule is Cn1nc(C(F)(F)F)cc1-c1ccc2[nH]c(C3CCOCC3)cc2n1. The van der Waals surface area contributed by atoms with Gasteiger partial charge in [0.05, 0.1) is 22.4 Å². The summed E-state index contributed by atoms with van der Waals surface area (Å²) >= 11 is 0. The standard InChI is InChI=1S/C17H17F3N4O/c1-24-15(9-16(23-24)17(18,19)20)12-3-2-11-14(22-12)8-13(21-11)10-4-6-25-7-5-10/h2-3,8-10,21H,4-7H2,1H3.